The first-order chi connectivity index (χ1) is 3.72. The summed E-state index contributed by atoms with van der Waals surface area (Å²) < 4.78 is 0. The Morgan fingerprint density at radius 1 is 1.50 bits per heavy atom. The van der Waals surface area contributed by atoms with Crippen LogP contribution in [0.2, 0.25) is 0 Å². The smallest absolute Gasteiger partial charge is 0.0976 e. The summed E-state index contributed by atoms with van der Waals surface area (Å²) in [5.41, 5.74) is 0. The van der Waals surface area contributed by atoms with Gasteiger partial charge in [0.1, 0.15) is 0 Å². The summed E-state index contributed by atoms with van der Waals surface area (Å²) in [4.78, 5) is 0. The van der Waals surface area contributed by atoms with E-state index in [0.29, 0.717) is 6.42 Å². The van der Waals surface area contributed by atoms with E-state index in [4.69, 9.17) is 0 Å². The summed E-state index contributed by atoms with van der Waals surface area (Å²) in [6, 6.07) is 0. The summed E-state index contributed by atoms with van der Waals surface area (Å²) in [7, 11) is 0. The lowest BCUT2D eigenvalue weighted by atomic mass is 10.0. The average Bonchev–Trinajstić information content (AvgIpc) is 1.84. The summed E-state index contributed by atoms with van der Waals surface area (Å²) in [6.45, 7) is 3.28. The fourth-order valence-corrected chi connectivity index (χ4v) is 0.510. The van der Waals surface area contributed by atoms with Crippen LogP contribution in [-0.2, 0) is 10.2 Å². The van der Waals surface area contributed by atoms with Crippen molar-refractivity contribution in [3.63, 3.8) is 0 Å². The van der Waals surface area contributed by atoms with Crippen LogP contribution >= 0.6 is 0 Å². The molecule has 0 aromatic rings. The monoisotopic (exact) mass is 116 g/mol. The number of hydrogen-bond acceptors (Lipinski definition) is 0. The Labute approximate surface area is 50.2 Å². The van der Waals surface area contributed by atoms with Gasteiger partial charge in [-0.3, -0.25) is 0 Å². The quantitative estimate of drug-likeness (QED) is 0.532. The molecule has 0 rings (SSSR count). The number of rotatable bonds is 3. The molecule has 0 aliphatic carbocycles. The lowest BCUT2D eigenvalue weighted by molar-refractivity contribution is 0.00222. The van der Waals surface area contributed by atoms with Crippen molar-refractivity contribution in [1.82, 2.24) is 0 Å². The van der Waals surface area contributed by atoms with Crippen molar-refractivity contribution in [1.29, 1.82) is 0 Å². The van der Waals surface area contributed by atoms with Crippen LogP contribution in [0.5, 0.6) is 0 Å². The van der Waals surface area contributed by atoms with Gasteiger partial charge in [0.05, 0.1) is 12.7 Å². The van der Waals surface area contributed by atoms with Crippen LogP contribution in [0.3, 0.4) is 0 Å². The second kappa shape index (κ2) is 3.87. The second-order valence-corrected chi connectivity index (χ2v) is 2.09. The van der Waals surface area contributed by atoms with Crippen LogP contribution < -0.4 is 0 Å². The molecular weight excluding hydrogens is 104 g/mol. The molecule has 8 heavy (non-hydrogen) atoms. The maximum Gasteiger partial charge on any atom is 0.0976 e. The molecule has 0 aromatic carbocycles. The largest absolute Gasteiger partial charge is 0.236 e. The molecule has 0 aliphatic rings. The van der Waals surface area contributed by atoms with Crippen molar-refractivity contribution in [3.05, 3.63) is 0 Å². The van der Waals surface area contributed by atoms with Crippen molar-refractivity contribution in [2.75, 3.05) is 6.61 Å². The fourth-order valence-electron chi connectivity index (χ4n) is 0.510. The molecule has 0 aliphatic heterocycles. The zero-order valence-electron chi connectivity index (χ0n) is 5.39. The van der Waals surface area contributed by atoms with Crippen LogP contribution in [0.4, 0.5) is 0 Å². The highest BCUT2D eigenvalue weighted by molar-refractivity contribution is 4.59. The maximum atomic E-state index is 10.6. The van der Waals surface area contributed by atoms with Gasteiger partial charge in [-0.15, -0.1) is 0 Å². The Bertz CT molecular complexity index is 46.5. The van der Waals surface area contributed by atoms with E-state index in [9.17, 15) is 10.2 Å². The zero-order chi connectivity index (χ0) is 6.57. The molecule has 2 radical (unpaired) electrons. The van der Waals surface area contributed by atoms with Gasteiger partial charge in [-0.1, -0.05) is 13.8 Å². The van der Waals surface area contributed by atoms with Gasteiger partial charge in [0.2, 0.25) is 0 Å². The van der Waals surface area contributed by atoms with E-state index in [1.165, 1.54) is 0 Å². The van der Waals surface area contributed by atoms with Crippen molar-refractivity contribution >= 4 is 0 Å². The third kappa shape index (κ3) is 2.28. The predicted octanol–water partition coefficient (Wildman–Crippen LogP) is 1.26. The topological polar surface area (TPSA) is 39.8 Å². The Morgan fingerprint density at radius 3 is 2.12 bits per heavy atom. The van der Waals surface area contributed by atoms with Gasteiger partial charge in [-0.25, -0.2) is 10.2 Å². The lowest BCUT2D eigenvalue weighted by Crippen LogP contribution is -2.17. The summed E-state index contributed by atoms with van der Waals surface area (Å²) in [6.07, 6.45) is -0.0730. The highest BCUT2D eigenvalue weighted by Crippen LogP contribution is 2.04. The molecule has 0 bridgehead atoms. The van der Waals surface area contributed by atoms with Gasteiger partial charge in [-0.05, 0) is 6.42 Å². The van der Waals surface area contributed by atoms with Crippen LogP contribution in [-0.4, -0.2) is 12.7 Å². The van der Waals surface area contributed by atoms with Crippen molar-refractivity contribution in [2.45, 2.75) is 26.4 Å². The van der Waals surface area contributed by atoms with Crippen LogP contribution in [0.1, 0.15) is 20.3 Å². The van der Waals surface area contributed by atoms with E-state index in [0.717, 1.165) is 0 Å². The molecular formula is C6H12O2. The second-order valence-electron chi connectivity index (χ2n) is 2.09. The average molecular weight is 116 g/mol. The minimum absolute atomic E-state index is 0.194. The van der Waals surface area contributed by atoms with E-state index >= 15 is 0 Å². The standard InChI is InChI=1S/C6H12O2/c1-3-6(8)5(2)4-7/h5-6H,3-4H2,1-2H3. The first kappa shape index (κ1) is 7.92. The molecule has 2 atom stereocenters. The molecule has 0 amide bonds. The van der Waals surface area contributed by atoms with Crippen LogP contribution in [0, 0.1) is 5.92 Å². The molecule has 0 aromatic heterocycles. The normalized spacial score (nSPS) is 18.0. The SMILES string of the molecule is CCC([O])C(C)C[O]. The highest BCUT2D eigenvalue weighted by atomic mass is 16.3. The molecule has 2 heteroatoms. The Kier molecular flexibility index (Phi) is 3.83. The molecule has 0 spiro atoms. The third-order valence-corrected chi connectivity index (χ3v) is 1.30. The molecule has 0 fully saturated rings. The summed E-state index contributed by atoms with van der Waals surface area (Å²) >= 11 is 0. The molecule has 0 saturated heterocycles. The summed E-state index contributed by atoms with van der Waals surface area (Å²) in [5.74, 6) is -0.194. The van der Waals surface area contributed by atoms with E-state index < -0.39 is 6.10 Å². The lowest BCUT2D eigenvalue weighted by Gasteiger charge is -2.09. The van der Waals surface area contributed by atoms with Crippen LogP contribution in [0.25, 0.3) is 0 Å². The third-order valence-electron chi connectivity index (χ3n) is 1.30. The molecule has 0 saturated carbocycles. The van der Waals surface area contributed by atoms with Crippen LogP contribution in [0.15, 0.2) is 0 Å². The van der Waals surface area contributed by atoms with Gasteiger partial charge >= 0.3 is 0 Å². The van der Waals surface area contributed by atoms with E-state index in [-0.39, 0.29) is 12.5 Å². The van der Waals surface area contributed by atoms with E-state index in [2.05, 4.69) is 0 Å². The molecule has 0 N–H and O–H groups in total. The molecule has 0 heterocycles. The first-order valence-corrected chi connectivity index (χ1v) is 2.96. The highest BCUT2D eigenvalue weighted by Gasteiger charge is 2.11. The maximum absolute atomic E-state index is 10.6. The Morgan fingerprint density at radius 2 is 2.00 bits per heavy atom. The van der Waals surface area contributed by atoms with Gasteiger partial charge in [-0.2, -0.15) is 0 Å². The van der Waals surface area contributed by atoms with Crippen molar-refractivity contribution in [2.24, 2.45) is 5.92 Å². The minimum Gasteiger partial charge on any atom is -0.236 e. The van der Waals surface area contributed by atoms with Gasteiger partial charge in [0.15, 0.2) is 0 Å². The summed E-state index contributed by atoms with van der Waals surface area (Å²) in [5, 5.41) is 20.7. The van der Waals surface area contributed by atoms with Crippen molar-refractivity contribution < 1.29 is 10.2 Å². The minimum atomic E-state index is -0.646. The number of hydrogen-bond donors (Lipinski definition) is 0. The zero-order valence-corrected chi connectivity index (χ0v) is 5.39. The Balaban J connectivity index is 3.29. The molecule has 2 unspecified atom stereocenters. The van der Waals surface area contributed by atoms with E-state index in [1.807, 2.05) is 6.92 Å². The van der Waals surface area contributed by atoms with Gasteiger partial charge < -0.3 is 0 Å². The van der Waals surface area contributed by atoms with Gasteiger partial charge in [0, 0.05) is 5.92 Å². The van der Waals surface area contributed by atoms with Gasteiger partial charge in [0.25, 0.3) is 0 Å². The molecule has 48 valence electrons. The molecule has 2 nitrogen and oxygen atoms in total. The van der Waals surface area contributed by atoms with Crippen molar-refractivity contribution in [3.8, 4) is 0 Å². The first-order valence-electron chi connectivity index (χ1n) is 2.96. The predicted molar refractivity (Wildman–Crippen MR) is 29.5 cm³/mol. The fraction of sp³-hybridized carbons (Fsp3) is 1.00. The Hall–Kier alpha value is -0.0800. The van der Waals surface area contributed by atoms with E-state index in [1.54, 1.807) is 6.92 Å².